The molecule has 0 bridgehead atoms. The lowest BCUT2D eigenvalue weighted by atomic mass is 10.2. The first-order valence-corrected chi connectivity index (χ1v) is 7.06. The normalized spacial score (nSPS) is 10.4. The largest absolute Gasteiger partial charge is 0.493 e. The lowest BCUT2D eigenvalue weighted by Crippen LogP contribution is -2.11. The Morgan fingerprint density at radius 2 is 2.05 bits per heavy atom. The number of ether oxygens (including phenoxy) is 1. The maximum absolute atomic E-state index is 5.87. The fourth-order valence-electron chi connectivity index (χ4n) is 2.19. The van der Waals surface area contributed by atoms with Gasteiger partial charge in [-0.25, -0.2) is 9.97 Å². The summed E-state index contributed by atoms with van der Waals surface area (Å²) in [6, 6.07) is 11.8. The van der Waals surface area contributed by atoms with Gasteiger partial charge in [0.05, 0.1) is 17.7 Å². The summed E-state index contributed by atoms with van der Waals surface area (Å²) in [5.74, 6) is 1.63. The van der Waals surface area contributed by atoms with E-state index in [-0.39, 0.29) is 12.4 Å². The number of halogens is 1. The van der Waals surface area contributed by atoms with E-state index in [0.29, 0.717) is 6.61 Å². The van der Waals surface area contributed by atoms with Crippen molar-refractivity contribution in [1.29, 1.82) is 0 Å². The molecule has 0 aliphatic heterocycles. The molecule has 1 aromatic carbocycles. The Bertz CT molecular complexity index is 696. The maximum Gasteiger partial charge on any atom is 0.178 e. The molecule has 0 fully saturated rings. The molecule has 6 heteroatoms. The number of imidazole rings is 1. The van der Waals surface area contributed by atoms with Gasteiger partial charge in [0.25, 0.3) is 0 Å². The van der Waals surface area contributed by atoms with Crippen LogP contribution in [0.3, 0.4) is 0 Å². The van der Waals surface area contributed by atoms with Gasteiger partial charge in [-0.2, -0.15) is 0 Å². The Kier molecular flexibility index (Phi) is 5.75. The number of pyridine rings is 1. The molecule has 0 unspecified atom stereocenters. The first-order chi connectivity index (χ1) is 10.4. The molecule has 3 aromatic rings. The highest BCUT2D eigenvalue weighted by molar-refractivity contribution is 5.85. The molecule has 2 heterocycles. The molecule has 116 valence electrons. The molecule has 0 saturated heterocycles. The average molecular weight is 319 g/mol. The second-order valence-corrected chi connectivity index (χ2v) is 4.76. The van der Waals surface area contributed by atoms with Crippen LogP contribution in [-0.2, 0) is 0 Å². The van der Waals surface area contributed by atoms with Gasteiger partial charge < -0.3 is 15.0 Å². The van der Waals surface area contributed by atoms with E-state index in [4.69, 9.17) is 4.74 Å². The zero-order chi connectivity index (χ0) is 14.5. The van der Waals surface area contributed by atoms with Crippen molar-refractivity contribution in [2.75, 3.05) is 20.2 Å². The summed E-state index contributed by atoms with van der Waals surface area (Å²) in [4.78, 5) is 12.1. The van der Waals surface area contributed by atoms with Crippen LogP contribution in [0.1, 0.15) is 6.42 Å². The third kappa shape index (κ3) is 3.55. The van der Waals surface area contributed by atoms with E-state index in [9.17, 15) is 0 Å². The monoisotopic (exact) mass is 318 g/mol. The highest BCUT2D eigenvalue weighted by atomic mass is 35.5. The number of H-pyrrole nitrogens is 1. The van der Waals surface area contributed by atoms with Gasteiger partial charge >= 0.3 is 0 Å². The van der Waals surface area contributed by atoms with Crippen molar-refractivity contribution in [2.24, 2.45) is 0 Å². The second kappa shape index (κ2) is 7.77. The van der Waals surface area contributed by atoms with E-state index >= 15 is 0 Å². The van der Waals surface area contributed by atoms with Gasteiger partial charge in [0.2, 0.25) is 0 Å². The Balaban J connectivity index is 0.00000176. The van der Waals surface area contributed by atoms with E-state index in [1.54, 1.807) is 6.20 Å². The molecule has 0 saturated carbocycles. The van der Waals surface area contributed by atoms with Gasteiger partial charge in [-0.05, 0) is 44.3 Å². The van der Waals surface area contributed by atoms with Crippen molar-refractivity contribution >= 4 is 23.6 Å². The molecule has 0 amide bonds. The molecule has 0 spiro atoms. The number of benzene rings is 1. The lowest BCUT2D eigenvalue weighted by molar-refractivity contribution is 0.311. The van der Waals surface area contributed by atoms with E-state index in [1.165, 1.54) is 0 Å². The number of nitrogens with one attached hydrogen (secondary N) is 2. The van der Waals surface area contributed by atoms with Crippen molar-refractivity contribution in [3.63, 3.8) is 0 Å². The summed E-state index contributed by atoms with van der Waals surface area (Å²) in [5.41, 5.74) is 2.61. The summed E-state index contributed by atoms with van der Waals surface area (Å²) < 4.78 is 5.87. The van der Waals surface area contributed by atoms with Crippen LogP contribution in [0, 0.1) is 0 Å². The number of nitrogens with zero attached hydrogens (tertiary/aromatic N) is 2. The minimum atomic E-state index is 0. The molecule has 2 N–H and O–H groups in total. The number of aromatic nitrogens is 3. The van der Waals surface area contributed by atoms with Gasteiger partial charge in [0.1, 0.15) is 11.6 Å². The van der Waals surface area contributed by atoms with Crippen LogP contribution in [-0.4, -0.2) is 35.2 Å². The Labute approximate surface area is 135 Å². The van der Waals surface area contributed by atoms with Gasteiger partial charge in [0.15, 0.2) is 5.65 Å². The summed E-state index contributed by atoms with van der Waals surface area (Å²) in [6.45, 7) is 1.62. The van der Waals surface area contributed by atoms with Crippen LogP contribution >= 0.6 is 12.4 Å². The summed E-state index contributed by atoms with van der Waals surface area (Å²) in [5, 5.41) is 3.11. The molecule has 2 aromatic heterocycles. The van der Waals surface area contributed by atoms with E-state index < -0.39 is 0 Å². The molecule has 0 radical (unpaired) electrons. The molecular formula is C16H19ClN4O. The van der Waals surface area contributed by atoms with E-state index in [1.807, 2.05) is 43.4 Å². The lowest BCUT2D eigenvalue weighted by Gasteiger charge is -2.09. The Morgan fingerprint density at radius 1 is 1.18 bits per heavy atom. The van der Waals surface area contributed by atoms with Crippen molar-refractivity contribution < 1.29 is 4.74 Å². The van der Waals surface area contributed by atoms with Gasteiger partial charge in [-0.3, -0.25) is 0 Å². The number of fused-ring (bicyclic) bond motifs is 1. The number of para-hydroxylation sites is 1. The third-order valence-electron chi connectivity index (χ3n) is 3.23. The van der Waals surface area contributed by atoms with Crippen LogP contribution in [0.4, 0.5) is 0 Å². The zero-order valence-electron chi connectivity index (χ0n) is 12.4. The number of aromatic amines is 1. The molecular weight excluding hydrogens is 300 g/mol. The van der Waals surface area contributed by atoms with Crippen LogP contribution in [0.25, 0.3) is 22.6 Å². The molecule has 22 heavy (non-hydrogen) atoms. The SMILES string of the molecule is CNCCCOc1ccccc1-c1nc2ncccc2[nH]1.Cl. The van der Waals surface area contributed by atoms with E-state index in [2.05, 4.69) is 20.3 Å². The standard InChI is InChI=1S/C16H18N4O.ClH/c1-17-9-5-11-21-14-8-3-2-6-12(14)15-19-13-7-4-10-18-16(13)20-15;/h2-4,6-8,10,17H,5,9,11H2,1H3,(H,18,19,20);1H. The first-order valence-electron chi connectivity index (χ1n) is 7.06. The topological polar surface area (TPSA) is 62.8 Å². The maximum atomic E-state index is 5.87. The minimum absolute atomic E-state index is 0. The van der Waals surface area contributed by atoms with Crippen molar-refractivity contribution in [3.8, 4) is 17.1 Å². The quantitative estimate of drug-likeness (QED) is 0.686. The van der Waals surface area contributed by atoms with E-state index in [0.717, 1.165) is 41.3 Å². The number of hydrogen-bond donors (Lipinski definition) is 2. The van der Waals surface area contributed by atoms with Crippen molar-refractivity contribution in [2.45, 2.75) is 6.42 Å². The zero-order valence-corrected chi connectivity index (χ0v) is 13.2. The molecule has 0 aliphatic rings. The predicted molar refractivity (Wildman–Crippen MR) is 90.6 cm³/mol. The van der Waals surface area contributed by atoms with Crippen LogP contribution in [0.2, 0.25) is 0 Å². The summed E-state index contributed by atoms with van der Waals surface area (Å²) in [6.07, 6.45) is 2.71. The van der Waals surface area contributed by atoms with Crippen molar-refractivity contribution in [1.82, 2.24) is 20.3 Å². The van der Waals surface area contributed by atoms with Crippen molar-refractivity contribution in [3.05, 3.63) is 42.6 Å². The Morgan fingerprint density at radius 3 is 2.86 bits per heavy atom. The minimum Gasteiger partial charge on any atom is -0.493 e. The molecule has 0 atom stereocenters. The second-order valence-electron chi connectivity index (χ2n) is 4.76. The first kappa shape index (κ1) is 16.3. The molecule has 0 aliphatic carbocycles. The predicted octanol–water partition coefficient (Wildman–Crippen LogP) is 3.04. The fourth-order valence-corrected chi connectivity index (χ4v) is 2.19. The summed E-state index contributed by atoms with van der Waals surface area (Å²) in [7, 11) is 1.94. The molecule has 3 rings (SSSR count). The average Bonchev–Trinajstić information content (AvgIpc) is 2.96. The fraction of sp³-hybridized carbons (Fsp3) is 0.250. The highest BCUT2D eigenvalue weighted by Crippen LogP contribution is 2.28. The highest BCUT2D eigenvalue weighted by Gasteiger charge is 2.10. The summed E-state index contributed by atoms with van der Waals surface area (Å²) >= 11 is 0. The van der Waals surface area contributed by atoms with Gasteiger partial charge in [0, 0.05) is 6.20 Å². The smallest absolute Gasteiger partial charge is 0.178 e. The number of rotatable bonds is 6. The van der Waals surface area contributed by atoms with Gasteiger partial charge in [-0.15, -0.1) is 12.4 Å². The van der Waals surface area contributed by atoms with Gasteiger partial charge in [-0.1, -0.05) is 12.1 Å². The number of hydrogen-bond acceptors (Lipinski definition) is 4. The molecule has 5 nitrogen and oxygen atoms in total. The van der Waals surface area contributed by atoms with Crippen LogP contribution < -0.4 is 10.1 Å². The van der Waals surface area contributed by atoms with Crippen LogP contribution in [0.15, 0.2) is 42.6 Å². The van der Waals surface area contributed by atoms with Crippen LogP contribution in [0.5, 0.6) is 5.75 Å². The Hall–Kier alpha value is -2.11. The third-order valence-corrected chi connectivity index (χ3v) is 3.23.